The number of aromatic nitrogens is 2. The van der Waals surface area contributed by atoms with E-state index in [1.54, 1.807) is 12.3 Å². The van der Waals surface area contributed by atoms with Gasteiger partial charge in [-0.1, -0.05) is 24.6 Å². The molecule has 96 valence electrons. The maximum Gasteiger partial charge on any atom is 0.124 e. The van der Waals surface area contributed by atoms with Crippen LogP contribution in [0.25, 0.3) is 0 Å². The highest BCUT2D eigenvalue weighted by Crippen LogP contribution is 2.18. The van der Waals surface area contributed by atoms with E-state index in [1.807, 2.05) is 10.7 Å². The Bertz CT molecular complexity index is 525. The summed E-state index contributed by atoms with van der Waals surface area (Å²) >= 11 is 6.01. The molecule has 5 heteroatoms. The van der Waals surface area contributed by atoms with Gasteiger partial charge in [-0.25, -0.2) is 4.39 Å². The Labute approximate surface area is 111 Å². The third-order valence-electron chi connectivity index (χ3n) is 2.70. The minimum Gasteiger partial charge on any atom is -0.311 e. The Morgan fingerprint density at radius 2 is 2.22 bits per heavy atom. The van der Waals surface area contributed by atoms with Crippen LogP contribution in [0, 0.1) is 5.82 Å². The van der Waals surface area contributed by atoms with Gasteiger partial charge in [0.2, 0.25) is 0 Å². The molecular formula is C13H15ClFN3. The van der Waals surface area contributed by atoms with Crippen molar-refractivity contribution in [1.29, 1.82) is 0 Å². The van der Waals surface area contributed by atoms with Gasteiger partial charge in [-0.15, -0.1) is 0 Å². The monoisotopic (exact) mass is 267 g/mol. The molecule has 0 fully saturated rings. The smallest absolute Gasteiger partial charge is 0.124 e. The van der Waals surface area contributed by atoms with Crippen molar-refractivity contribution in [2.75, 3.05) is 6.54 Å². The highest BCUT2D eigenvalue weighted by atomic mass is 35.5. The van der Waals surface area contributed by atoms with Crippen molar-refractivity contribution < 1.29 is 4.39 Å². The van der Waals surface area contributed by atoms with Crippen molar-refractivity contribution in [2.24, 2.45) is 0 Å². The van der Waals surface area contributed by atoms with Crippen LogP contribution in [0.3, 0.4) is 0 Å². The Morgan fingerprint density at radius 1 is 1.39 bits per heavy atom. The summed E-state index contributed by atoms with van der Waals surface area (Å²) in [7, 11) is 0. The number of halogens is 2. The molecule has 1 aromatic heterocycles. The van der Waals surface area contributed by atoms with Crippen molar-refractivity contribution in [2.45, 2.75) is 20.0 Å². The Balaban J connectivity index is 2.15. The van der Waals surface area contributed by atoms with Gasteiger partial charge in [-0.3, -0.25) is 4.68 Å². The van der Waals surface area contributed by atoms with Gasteiger partial charge in [0.05, 0.1) is 12.2 Å². The van der Waals surface area contributed by atoms with Crippen LogP contribution >= 0.6 is 11.6 Å². The summed E-state index contributed by atoms with van der Waals surface area (Å²) in [5, 5.41) is 7.93. The quantitative estimate of drug-likeness (QED) is 0.903. The SMILES string of the molecule is CCNCc1ccnn1Cc1ccc(F)cc1Cl. The van der Waals surface area contributed by atoms with E-state index in [4.69, 9.17) is 11.6 Å². The van der Waals surface area contributed by atoms with Gasteiger partial charge in [0.1, 0.15) is 5.82 Å². The molecule has 2 rings (SSSR count). The second-order valence-corrected chi connectivity index (χ2v) is 4.40. The van der Waals surface area contributed by atoms with Crippen molar-refractivity contribution in [3.05, 3.63) is 52.6 Å². The average Bonchev–Trinajstić information content (AvgIpc) is 2.77. The molecule has 1 heterocycles. The molecule has 2 aromatic rings. The van der Waals surface area contributed by atoms with Crippen LogP contribution in [0.4, 0.5) is 4.39 Å². The summed E-state index contributed by atoms with van der Waals surface area (Å²) in [5.41, 5.74) is 1.94. The lowest BCUT2D eigenvalue weighted by molar-refractivity contribution is 0.601. The number of nitrogens with zero attached hydrogens (tertiary/aromatic N) is 2. The third-order valence-corrected chi connectivity index (χ3v) is 3.05. The van der Waals surface area contributed by atoms with Crippen LogP contribution in [0.2, 0.25) is 5.02 Å². The van der Waals surface area contributed by atoms with E-state index in [9.17, 15) is 4.39 Å². The fraction of sp³-hybridized carbons (Fsp3) is 0.308. The van der Waals surface area contributed by atoms with Gasteiger partial charge in [-0.2, -0.15) is 5.10 Å². The van der Waals surface area contributed by atoms with Crippen LogP contribution in [0.15, 0.2) is 30.5 Å². The number of benzene rings is 1. The first-order chi connectivity index (χ1) is 8.70. The van der Waals surface area contributed by atoms with Gasteiger partial charge in [0.15, 0.2) is 0 Å². The molecule has 0 saturated heterocycles. The van der Waals surface area contributed by atoms with Gasteiger partial charge in [0, 0.05) is 17.8 Å². The van der Waals surface area contributed by atoms with E-state index in [1.165, 1.54) is 12.1 Å². The molecule has 0 atom stereocenters. The highest BCUT2D eigenvalue weighted by Gasteiger charge is 2.06. The van der Waals surface area contributed by atoms with E-state index in [0.717, 1.165) is 24.3 Å². The van der Waals surface area contributed by atoms with E-state index in [2.05, 4.69) is 17.3 Å². The van der Waals surface area contributed by atoms with E-state index >= 15 is 0 Å². The zero-order chi connectivity index (χ0) is 13.0. The van der Waals surface area contributed by atoms with Crippen LogP contribution in [-0.2, 0) is 13.1 Å². The van der Waals surface area contributed by atoms with E-state index in [0.29, 0.717) is 11.6 Å². The molecule has 0 aliphatic rings. The summed E-state index contributed by atoms with van der Waals surface area (Å²) in [6, 6.07) is 6.38. The summed E-state index contributed by atoms with van der Waals surface area (Å²) in [4.78, 5) is 0. The number of hydrogen-bond acceptors (Lipinski definition) is 2. The van der Waals surface area contributed by atoms with Crippen LogP contribution in [-0.4, -0.2) is 16.3 Å². The predicted octanol–water partition coefficient (Wildman–Crippen LogP) is 2.83. The van der Waals surface area contributed by atoms with Gasteiger partial charge in [-0.05, 0) is 30.3 Å². The first kappa shape index (κ1) is 13.1. The molecule has 0 radical (unpaired) electrons. The summed E-state index contributed by atoms with van der Waals surface area (Å²) in [5.74, 6) is -0.322. The molecule has 0 aliphatic heterocycles. The lowest BCUT2D eigenvalue weighted by Gasteiger charge is -2.09. The Hall–Kier alpha value is -1.39. The summed E-state index contributed by atoms with van der Waals surface area (Å²) in [6.45, 7) is 4.27. The second kappa shape index (κ2) is 5.98. The molecule has 18 heavy (non-hydrogen) atoms. The zero-order valence-corrected chi connectivity index (χ0v) is 10.9. The van der Waals surface area contributed by atoms with Gasteiger partial charge in [0.25, 0.3) is 0 Å². The van der Waals surface area contributed by atoms with Crippen LogP contribution in [0.1, 0.15) is 18.2 Å². The zero-order valence-electron chi connectivity index (χ0n) is 10.2. The summed E-state index contributed by atoms with van der Waals surface area (Å²) < 4.78 is 14.8. The first-order valence-electron chi connectivity index (χ1n) is 5.86. The normalized spacial score (nSPS) is 10.8. The molecule has 0 spiro atoms. The fourth-order valence-electron chi connectivity index (χ4n) is 1.72. The standard InChI is InChI=1S/C13H15ClFN3/c1-2-16-8-12-5-6-17-18(12)9-10-3-4-11(15)7-13(10)14/h3-7,16H,2,8-9H2,1H3. The lowest BCUT2D eigenvalue weighted by Crippen LogP contribution is -2.16. The van der Waals surface area contributed by atoms with Crippen LogP contribution in [0.5, 0.6) is 0 Å². The Kier molecular flexibility index (Phi) is 4.33. The molecule has 0 bridgehead atoms. The molecular weight excluding hydrogens is 253 g/mol. The maximum atomic E-state index is 13.0. The molecule has 1 N–H and O–H groups in total. The lowest BCUT2D eigenvalue weighted by atomic mass is 10.2. The molecule has 0 aliphatic carbocycles. The molecule has 0 unspecified atom stereocenters. The van der Waals surface area contributed by atoms with Crippen molar-refractivity contribution in [3.8, 4) is 0 Å². The number of rotatable bonds is 5. The van der Waals surface area contributed by atoms with Crippen molar-refractivity contribution in [1.82, 2.24) is 15.1 Å². The van der Waals surface area contributed by atoms with E-state index in [-0.39, 0.29) is 5.82 Å². The van der Waals surface area contributed by atoms with Gasteiger partial charge >= 0.3 is 0 Å². The van der Waals surface area contributed by atoms with Crippen molar-refractivity contribution in [3.63, 3.8) is 0 Å². The van der Waals surface area contributed by atoms with Gasteiger partial charge < -0.3 is 5.32 Å². The summed E-state index contributed by atoms with van der Waals surface area (Å²) in [6.07, 6.45) is 1.75. The topological polar surface area (TPSA) is 29.9 Å². The van der Waals surface area contributed by atoms with Crippen molar-refractivity contribution >= 4 is 11.6 Å². The maximum absolute atomic E-state index is 13.0. The number of nitrogens with one attached hydrogen (secondary N) is 1. The highest BCUT2D eigenvalue weighted by molar-refractivity contribution is 6.31. The average molecular weight is 268 g/mol. The molecule has 1 aromatic carbocycles. The van der Waals surface area contributed by atoms with E-state index < -0.39 is 0 Å². The van der Waals surface area contributed by atoms with Crippen LogP contribution < -0.4 is 5.32 Å². The second-order valence-electron chi connectivity index (χ2n) is 4.00. The minimum atomic E-state index is -0.322. The molecule has 0 amide bonds. The largest absolute Gasteiger partial charge is 0.311 e. The number of hydrogen-bond donors (Lipinski definition) is 1. The minimum absolute atomic E-state index is 0.322. The third kappa shape index (κ3) is 3.09. The molecule has 3 nitrogen and oxygen atoms in total. The molecule has 0 saturated carbocycles. The Morgan fingerprint density at radius 3 is 2.94 bits per heavy atom. The first-order valence-corrected chi connectivity index (χ1v) is 6.24. The predicted molar refractivity (Wildman–Crippen MR) is 70.1 cm³/mol. The fourth-order valence-corrected chi connectivity index (χ4v) is 1.94.